The highest BCUT2D eigenvalue weighted by molar-refractivity contribution is 9.10. The molecular formula is C20H35BrN2. The van der Waals surface area contributed by atoms with Crippen molar-refractivity contribution in [3.05, 3.63) is 33.3 Å². The van der Waals surface area contributed by atoms with Crippen molar-refractivity contribution >= 4 is 15.9 Å². The molecule has 0 bridgehead atoms. The van der Waals surface area contributed by atoms with E-state index in [2.05, 4.69) is 86.3 Å². The van der Waals surface area contributed by atoms with Crippen LogP contribution in [0.3, 0.4) is 0 Å². The van der Waals surface area contributed by atoms with Crippen molar-refractivity contribution in [1.82, 2.24) is 9.80 Å². The van der Waals surface area contributed by atoms with Gasteiger partial charge in [-0.3, -0.25) is 9.80 Å². The quantitative estimate of drug-likeness (QED) is 0.591. The van der Waals surface area contributed by atoms with Crippen LogP contribution >= 0.6 is 15.9 Å². The van der Waals surface area contributed by atoms with Crippen LogP contribution < -0.4 is 0 Å². The van der Waals surface area contributed by atoms with Gasteiger partial charge in [0.2, 0.25) is 0 Å². The largest absolute Gasteiger partial charge is 0.300 e. The Morgan fingerprint density at radius 1 is 0.783 bits per heavy atom. The Hall–Kier alpha value is -0.380. The molecule has 0 heterocycles. The number of hydrogen-bond acceptors (Lipinski definition) is 2. The van der Waals surface area contributed by atoms with Crippen LogP contribution in [0.15, 0.2) is 16.6 Å². The van der Waals surface area contributed by atoms with Gasteiger partial charge >= 0.3 is 0 Å². The summed E-state index contributed by atoms with van der Waals surface area (Å²) < 4.78 is 1.30. The van der Waals surface area contributed by atoms with Crippen molar-refractivity contribution in [2.75, 3.05) is 26.2 Å². The Kier molecular flexibility index (Phi) is 8.26. The molecule has 0 radical (unpaired) electrons. The zero-order chi connectivity index (χ0) is 17.6. The molecular weight excluding hydrogens is 348 g/mol. The van der Waals surface area contributed by atoms with E-state index in [4.69, 9.17) is 0 Å². The molecule has 0 aromatic heterocycles. The maximum atomic E-state index is 3.90. The molecule has 0 unspecified atom stereocenters. The van der Waals surface area contributed by atoms with Crippen LogP contribution in [-0.4, -0.2) is 36.0 Å². The highest BCUT2D eigenvalue weighted by atomic mass is 79.9. The van der Waals surface area contributed by atoms with E-state index in [1.807, 2.05) is 0 Å². The smallest absolute Gasteiger partial charge is 0.0265 e. The van der Waals surface area contributed by atoms with Crippen molar-refractivity contribution in [1.29, 1.82) is 0 Å². The predicted octanol–water partition coefficient (Wildman–Crippen LogP) is 5.43. The molecule has 0 spiro atoms. The van der Waals surface area contributed by atoms with Crippen LogP contribution in [0.25, 0.3) is 0 Å². The number of nitrogens with zero attached hydrogens (tertiary/aromatic N) is 2. The van der Waals surface area contributed by atoms with Crippen LogP contribution in [0.4, 0.5) is 0 Å². The third-order valence-electron chi connectivity index (χ3n) is 4.67. The molecule has 1 aromatic carbocycles. The minimum absolute atomic E-state index is 0.177. The molecule has 2 nitrogen and oxygen atoms in total. The molecule has 0 saturated carbocycles. The van der Waals surface area contributed by atoms with E-state index in [9.17, 15) is 0 Å². The second-order valence-corrected chi connectivity index (χ2v) is 8.07. The van der Waals surface area contributed by atoms with Gasteiger partial charge in [0.05, 0.1) is 0 Å². The Morgan fingerprint density at radius 2 is 1.13 bits per heavy atom. The van der Waals surface area contributed by atoms with Crippen LogP contribution in [0.5, 0.6) is 0 Å². The van der Waals surface area contributed by atoms with Gasteiger partial charge in [-0.2, -0.15) is 0 Å². The van der Waals surface area contributed by atoms with Crippen molar-refractivity contribution in [3.8, 4) is 0 Å². The van der Waals surface area contributed by atoms with Gasteiger partial charge in [-0.1, -0.05) is 76.5 Å². The molecule has 0 N–H and O–H groups in total. The van der Waals surface area contributed by atoms with Crippen LogP contribution in [0.2, 0.25) is 0 Å². The summed E-state index contributed by atoms with van der Waals surface area (Å²) in [6.45, 7) is 22.3. The second kappa shape index (κ2) is 9.19. The topological polar surface area (TPSA) is 6.48 Å². The maximum Gasteiger partial charge on any atom is 0.0265 e. The van der Waals surface area contributed by atoms with Crippen molar-refractivity contribution < 1.29 is 0 Å². The fourth-order valence-corrected chi connectivity index (χ4v) is 3.27. The summed E-state index contributed by atoms with van der Waals surface area (Å²) in [6.07, 6.45) is 0. The van der Waals surface area contributed by atoms with E-state index in [1.54, 1.807) is 0 Å². The maximum absolute atomic E-state index is 3.90. The van der Waals surface area contributed by atoms with Gasteiger partial charge in [-0.15, -0.1) is 0 Å². The monoisotopic (exact) mass is 382 g/mol. The summed E-state index contributed by atoms with van der Waals surface area (Å²) in [4.78, 5) is 4.96. The Balaban J connectivity index is 3.27. The van der Waals surface area contributed by atoms with E-state index in [-0.39, 0.29) is 5.41 Å². The molecule has 1 rings (SSSR count). The lowest BCUT2D eigenvalue weighted by atomic mass is 9.85. The third-order valence-corrected chi connectivity index (χ3v) is 5.68. The summed E-state index contributed by atoms with van der Waals surface area (Å²) in [5.41, 5.74) is 4.45. The number of rotatable bonds is 8. The molecule has 0 amide bonds. The minimum Gasteiger partial charge on any atom is -0.300 e. The molecule has 1 aromatic rings. The molecule has 23 heavy (non-hydrogen) atoms. The normalized spacial score (nSPS) is 12.4. The van der Waals surface area contributed by atoms with Crippen LogP contribution in [0, 0.1) is 0 Å². The van der Waals surface area contributed by atoms with Gasteiger partial charge in [0.25, 0.3) is 0 Å². The van der Waals surface area contributed by atoms with E-state index >= 15 is 0 Å². The van der Waals surface area contributed by atoms with Crippen molar-refractivity contribution in [2.45, 2.75) is 67.0 Å². The molecule has 0 saturated heterocycles. The van der Waals surface area contributed by atoms with Gasteiger partial charge in [0.1, 0.15) is 0 Å². The number of hydrogen-bond donors (Lipinski definition) is 0. The van der Waals surface area contributed by atoms with E-state index in [0.717, 1.165) is 39.3 Å². The summed E-state index contributed by atoms with van der Waals surface area (Å²) in [7, 11) is 0. The van der Waals surface area contributed by atoms with Crippen LogP contribution in [-0.2, 0) is 18.5 Å². The van der Waals surface area contributed by atoms with E-state index in [0.29, 0.717) is 0 Å². The Morgan fingerprint density at radius 3 is 1.39 bits per heavy atom. The molecule has 0 aliphatic heterocycles. The Labute approximate surface area is 152 Å². The summed E-state index contributed by atoms with van der Waals surface area (Å²) in [6, 6.07) is 4.79. The summed E-state index contributed by atoms with van der Waals surface area (Å²) in [5.74, 6) is 0. The molecule has 3 heteroatoms. The van der Waals surface area contributed by atoms with Gasteiger partial charge in [0, 0.05) is 17.6 Å². The average Bonchev–Trinajstić information content (AvgIpc) is 2.51. The molecule has 0 atom stereocenters. The lowest BCUT2D eigenvalue weighted by Gasteiger charge is -2.27. The van der Waals surface area contributed by atoms with E-state index in [1.165, 1.54) is 21.2 Å². The zero-order valence-corrected chi connectivity index (χ0v) is 17.8. The zero-order valence-electron chi connectivity index (χ0n) is 16.2. The molecule has 0 aliphatic rings. The SMILES string of the molecule is CCN(CC)Cc1cc(C(C)(C)C)cc(CN(CC)CC)c1Br. The molecule has 0 fully saturated rings. The highest BCUT2D eigenvalue weighted by Gasteiger charge is 2.19. The highest BCUT2D eigenvalue weighted by Crippen LogP contribution is 2.32. The number of benzene rings is 1. The van der Waals surface area contributed by atoms with Gasteiger partial charge in [-0.25, -0.2) is 0 Å². The van der Waals surface area contributed by atoms with Crippen molar-refractivity contribution in [2.24, 2.45) is 0 Å². The van der Waals surface area contributed by atoms with E-state index < -0.39 is 0 Å². The summed E-state index contributed by atoms with van der Waals surface area (Å²) in [5, 5.41) is 0. The summed E-state index contributed by atoms with van der Waals surface area (Å²) >= 11 is 3.90. The van der Waals surface area contributed by atoms with Gasteiger partial charge < -0.3 is 0 Å². The second-order valence-electron chi connectivity index (χ2n) is 7.28. The van der Waals surface area contributed by atoms with Crippen molar-refractivity contribution in [3.63, 3.8) is 0 Å². The first-order valence-corrected chi connectivity index (χ1v) is 9.82. The standard InChI is InChI=1S/C20H35BrN2/c1-8-22(9-2)14-16-12-18(20(5,6)7)13-17(19(16)21)15-23(10-3)11-4/h12-13H,8-11,14-15H2,1-7H3. The minimum atomic E-state index is 0.177. The fourth-order valence-electron chi connectivity index (χ4n) is 2.79. The first-order chi connectivity index (χ1) is 10.8. The predicted molar refractivity (Wildman–Crippen MR) is 106 cm³/mol. The van der Waals surface area contributed by atoms with Gasteiger partial charge in [0.15, 0.2) is 0 Å². The van der Waals surface area contributed by atoms with Gasteiger partial charge in [-0.05, 0) is 48.3 Å². The van der Waals surface area contributed by atoms with Crippen LogP contribution in [0.1, 0.15) is 65.2 Å². The Bertz CT molecular complexity index is 448. The number of halogens is 1. The lowest BCUT2D eigenvalue weighted by molar-refractivity contribution is 0.289. The third kappa shape index (κ3) is 5.88. The first-order valence-electron chi connectivity index (χ1n) is 9.03. The molecule has 0 aliphatic carbocycles. The average molecular weight is 383 g/mol. The fraction of sp³-hybridized carbons (Fsp3) is 0.700. The first kappa shape index (κ1) is 20.7. The lowest BCUT2D eigenvalue weighted by Crippen LogP contribution is -2.25. The molecule has 132 valence electrons.